The summed E-state index contributed by atoms with van der Waals surface area (Å²) in [7, 11) is -10.0. The van der Waals surface area contributed by atoms with Crippen LogP contribution in [-0.4, -0.2) is 95.7 Å². The van der Waals surface area contributed by atoms with Crippen LogP contribution in [0.2, 0.25) is 0 Å². The normalized spacial score (nSPS) is 25.0. The van der Waals surface area contributed by atoms with Crippen molar-refractivity contribution in [3.63, 3.8) is 0 Å². The van der Waals surface area contributed by atoms with E-state index >= 15 is 0 Å². The van der Waals surface area contributed by atoms with Gasteiger partial charge in [-0.15, -0.1) is 4.86 Å². The fourth-order valence-corrected chi connectivity index (χ4v) is 4.94. The highest BCUT2D eigenvalue weighted by Gasteiger charge is 2.45. The van der Waals surface area contributed by atoms with Gasteiger partial charge in [0.1, 0.15) is 24.9 Å². The van der Waals surface area contributed by atoms with Gasteiger partial charge < -0.3 is 50.6 Å². The van der Waals surface area contributed by atoms with Crippen molar-refractivity contribution in [3.8, 4) is 5.88 Å². The Labute approximate surface area is 191 Å². The summed E-state index contributed by atoms with van der Waals surface area (Å²) >= 11 is 0. The van der Waals surface area contributed by atoms with E-state index in [0.717, 1.165) is 4.86 Å². The number of hydrogen-bond acceptors (Lipinski definition) is 13. The lowest BCUT2D eigenvalue weighted by Crippen LogP contribution is -2.34. The Morgan fingerprint density at radius 3 is 2.56 bits per heavy atom. The van der Waals surface area contributed by atoms with E-state index in [1.165, 1.54) is 10.9 Å². The second-order valence-electron chi connectivity index (χ2n) is 6.97. The highest BCUT2D eigenvalue weighted by Crippen LogP contribution is 2.49. The van der Waals surface area contributed by atoms with E-state index in [2.05, 4.69) is 19.5 Å². The summed E-state index contributed by atoms with van der Waals surface area (Å²) < 4.78 is 44.7. The molecular weight excluding hydrogens is 504 g/mol. The monoisotopic (exact) mass is 529 g/mol. The molecule has 18 nitrogen and oxygen atoms in total. The molecule has 0 aromatic carbocycles. The molecule has 2 aromatic heterocycles. The number of nitrogens with zero attached hydrogens (tertiary/aromatic N) is 4. The average Bonchev–Trinajstić information content (AvgIpc) is 3.26. The Bertz CT molecular complexity index is 1080. The minimum absolute atomic E-state index is 0.0373. The SMILES string of the molecule is NCCOCCOc1nc(N)nc2c1ncn2C1O[C@H](COP(=O)(O)NP(=O)(O)O)[C@@H](O)[C@H]1O. The number of aromatic nitrogens is 4. The molecule has 0 aliphatic carbocycles. The molecule has 0 radical (unpaired) electrons. The summed E-state index contributed by atoms with van der Waals surface area (Å²) in [4.78, 5) is 40.3. The first-order valence-electron chi connectivity index (χ1n) is 9.66. The van der Waals surface area contributed by atoms with Crippen LogP contribution in [-0.2, 0) is 23.1 Å². The van der Waals surface area contributed by atoms with Gasteiger partial charge in [-0.25, -0.2) is 14.1 Å². The summed E-state index contributed by atoms with van der Waals surface area (Å²) in [5, 5.41) is 20.7. The fourth-order valence-electron chi connectivity index (χ4n) is 3.04. The molecular formula is C14H25N7O11P2. The third-order valence-corrected chi connectivity index (χ3v) is 6.97. The van der Waals surface area contributed by atoms with Gasteiger partial charge in [-0.2, -0.15) is 9.97 Å². The number of nitrogens with two attached hydrogens (primary N) is 2. The lowest BCUT2D eigenvalue weighted by atomic mass is 10.1. The third-order valence-electron chi connectivity index (χ3n) is 4.42. The van der Waals surface area contributed by atoms with Gasteiger partial charge in [0.15, 0.2) is 17.4 Å². The number of fused-ring (bicyclic) bond motifs is 1. The zero-order valence-corrected chi connectivity index (χ0v) is 19.2. The van der Waals surface area contributed by atoms with Gasteiger partial charge in [-0.05, 0) is 0 Å². The van der Waals surface area contributed by atoms with Crippen LogP contribution < -0.4 is 21.1 Å². The number of imidazole rings is 1. The van der Waals surface area contributed by atoms with Crippen molar-refractivity contribution < 1.29 is 52.8 Å². The maximum absolute atomic E-state index is 11.7. The smallest absolute Gasteiger partial charge is 0.412 e. The summed E-state index contributed by atoms with van der Waals surface area (Å²) in [5.41, 5.74) is 11.4. The molecule has 0 spiro atoms. The number of hydrogen-bond donors (Lipinski definition) is 8. The van der Waals surface area contributed by atoms with Crippen LogP contribution in [0.5, 0.6) is 5.88 Å². The van der Waals surface area contributed by atoms with Crippen molar-refractivity contribution in [3.05, 3.63) is 6.33 Å². The number of nitrogen functional groups attached to an aromatic ring is 1. The Hall–Kier alpha value is -1.79. The van der Waals surface area contributed by atoms with Gasteiger partial charge >= 0.3 is 15.5 Å². The number of aliphatic hydroxyl groups is 2. The largest absolute Gasteiger partial charge is 0.474 e. The van der Waals surface area contributed by atoms with Crippen LogP contribution in [0.15, 0.2) is 6.33 Å². The van der Waals surface area contributed by atoms with E-state index in [9.17, 15) is 24.2 Å². The second kappa shape index (κ2) is 10.9. The third kappa shape index (κ3) is 6.66. The van der Waals surface area contributed by atoms with Crippen LogP contribution in [0.1, 0.15) is 6.23 Å². The lowest BCUT2D eigenvalue weighted by Gasteiger charge is -2.18. The van der Waals surface area contributed by atoms with E-state index < -0.39 is 46.6 Å². The Balaban J connectivity index is 1.74. The average molecular weight is 529 g/mol. The van der Waals surface area contributed by atoms with Crippen molar-refractivity contribution in [2.24, 2.45) is 5.73 Å². The molecule has 5 atom stereocenters. The molecule has 1 saturated heterocycles. The summed E-state index contributed by atoms with van der Waals surface area (Å²) in [6, 6.07) is 0. The first-order valence-corrected chi connectivity index (χ1v) is 12.9. The van der Waals surface area contributed by atoms with Crippen LogP contribution in [0.3, 0.4) is 0 Å². The van der Waals surface area contributed by atoms with Gasteiger partial charge in [0, 0.05) is 6.54 Å². The van der Waals surface area contributed by atoms with E-state index in [0.29, 0.717) is 13.2 Å². The molecule has 3 heterocycles. The van der Waals surface area contributed by atoms with Gasteiger partial charge in [0.05, 0.1) is 26.1 Å². The minimum Gasteiger partial charge on any atom is -0.474 e. The molecule has 192 valence electrons. The van der Waals surface area contributed by atoms with Crippen LogP contribution in [0, 0.1) is 0 Å². The van der Waals surface area contributed by atoms with Crippen molar-refractivity contribution in [2.45, 2.75) is 24.5 Å². The van der Waals surface area contributed by atoms with Gasteiger partial charge in [-0.3, -0.25) is 9.09 Å². The van der Waals surface area contributed by atoms with Crippen LogP contribution in [0.25, 0.3) is 11.2 Å². The van der Waals surface area contributed by atoms with E-state index in [-0.39, 0.29) is 36.2 Å². The van der Waals surface area contributed by atoms with E-state index in [1.54, 1.807) is 0 Å². The Kier molecular flexibility index (Phi) is 8.56. The van der Waals surface area contributed by atoms with E-state index in [4.69, 9.17) is 35.5 Å². The predicted molar refractivity (Wildman–Crippen MR) is 112 cm³/mol. The van der Waals surface area contributed by atoms with Gasteiger partial charge in [0.25, 0.3) is 0 Å². The molecule has 20 heteroatoms. The van der Waals surface area contributed by atoms with Crippen molar-refractivity contribution in [2.75, 3.05) is 38.7 Å². The molecule has 2 unspecified atom stereocenters. The van der Waals surface area contributed by atoms with Crippen molar-refractivity contribution >= 4 is 32.6 Å². The van der Waals surface area contributed by atoms with Crippen molar-refractivity contribution in [1.29, 1.82) is 0 Å². The maximum atomic E-state index is 11.7. The van der Waals surface area contributed by atoms with Gasteiger partial charge in [0.2, 0.25) is 11.8 Å². The molecule has 1 fully saturated rings. The van der Waals surface area contributed by atoms with Gasteiger partial charge in [-0.1, -0.05) is 0 Å². The number of rotatable bonds is 12. The standard InChI is InChI=1S/C14H25N7O11P2/c15-1-2-29-3-4-30-12-8-11(18-14(16)19-12)21(6-17-8)13-10(23)9(22)7(32-13)5-31-34(27,28)20-33(24,25)26/h6-7,9-10,13,22-23H,1-5,15H2,(H2,16,18,19)(H4,20,24,25,26,27,28)/t7-,9-,10-,13?/m1/s1. The molecule has 1 aliphatic heterocycles. The Morgan fingerprint density at radius 2 is 1.88 bits per heavy atom. The molecule has 10 N–H and O–H groups in total. The molecule has 1 aliphatic rings. The first-order chi connectivity index (χ1) is 15.9. The lowest BCUT2D eigenvalue weighted by molar-refractivity contribution is -0.0486. The molecule has 0 saturated carbocycles. The topological polar surface area (TPSA) is 280 Å². The number of nitrogens with one attached hydrogen (secondary N) is 1. The highest BCUT2D eigenvalue weighted by molar-refractivity contribution is 7.66. The quantitative estimate of drug-likeness (QED) is 0.102. The molecule has 3 rings (SSSR count). The molecule has 2 aromatic rings. The highest BCUT2D eigenvalue weighted by atomic mass is 31.3. The van der Waals surface area contributed by atoms with Crippen LogP contribution >= 0.6 is 15.5 Å². The minimum atomic E-state index is -5.08. The number of ether oxygens (including phenoxy) is 3. The summed E-state index contributed by atoms with van der Waals surface area (Å²) in [6.07, 6.45) is -4.58. The van der Waals surface area contributed by atoms with Crippen LogP contribution in [0.4, 0.5) is 5.95 Å². The zero-order valence-electron chi connectivity index (χ0n) is 17.4. The summed E-state index contributed by atoms with van der Waals surface area (Å²) in [6.45, 7) is 0.254. The Morgan fingerprint density at radius 1 is 1.15 bits per heavy atom. The molecule has 34 heavy (non-hydrogen) atoms. The maximum Gasteiger partial charge on any atom is 0.412 e. The zero-order chi connectivity index (χ0) is 25.1. The molecule has 0 bridgehead atoms. The van der Waals surface area contributed by atoms with E-state index in [1.807, 2.05) is 0 Å². The molecule has 0 amide bonds. The fraction of sp³-hybridized carbons (Fsp3) is 0.643. The van der Waals surface area contributed by atoms with Crippen molar-refractivity contribution in [1.82, 2.24) is 24.4 Å². The number of aliphatic hydroxyl groups excluding tert-OH is 2. The first kappa shape index (κ1) is 26.8. The summed E-state index contributed by atoms with van der Waals surface area (Å²) in [5.74, 6) is -0.139. The number of anilines is 1. The predicted octanol–water partition coefficient (Wildman–Crippen LogP) is -2.82. The second-order valence-corrected chi connectivity index (χ2v) is 10.2.